The van der Waals surface area contributed by atoms with Crippen molar-refractivity contribution in [1.82, 2.24) is 9.97 Å². The van der Waals surface area contributed by atoms with E-state index in [1.807, 2.05) is 24.4 Å². The monoisotopic (exact) mass is 361 g/mol. The van der Waals surface area contributed by atoms with E-state index >= 15 is 0 Å². The number of hydrogen-bond donors (Lipinski definition) is 0. The molecule has 4 saturated carbocycles. The molecule has 3 heterocycles. The Morgan fingerprint density at radius 2 is 1.69 bits per heavy atom. The van der Waals surface area contributed by atoms with Crippen LogP contribution in [0.1, 0.15) is 55.5 Å². The molecule has 132 valence electrons. The summed E-state index contributed by atoms with van der Waals surface area (Å²) < 4.78 is 0. The molecule has 5 aliphatic rings. The number of anilines is 1. The predicted octanol–water partition coefficient (Wildman–Crippen LogP) is 4.64. The van der Waals surface area contributed by atoms with Gasteiger partial charge in [0.05, 0.1) is 12.2 Å². The average Bonchev–Trinajstić information content (AvgIpc) is 2.98. The van der Waals surface area contributed by atoms with Crippen LogP contribution in [-0.4, -0.2) is 15.0 Å². The lowest BCUT2D eigenvalue weighted by molar-refractivity contribution is -0.00727. The highest BCUT2D eigenvalue weighted by Gasteiger charge is 2.52. The minimum absolute atomic E-state index is 0.351. The molecule has 0 unspecified atom stereocenters. The highest BCUT2D eigenvalue weighted by Crippen LogP contribution is 2.60. The van der Waals surface area contributed by atoms with Crippen molar-refractivity contribution >= 4 is 23.0 Å². The summed E-state index contributed by atoms with van der Waals surface area (Å²) in [6.45, 7) is 0.755. The molecule has 0 N–H and O–H groups in total. The van der Waals surface area contributed by atoms with Gasteiger partial charge in [-0.05, 0) is 80.5 Å². The third kappa shape index (κ3) is 2.14. The number of pyridine rings is 2. The molecule has 0 amide bonds. The summed E-state index contributed by atoms with van der Waals surface area (Å²) >= 11 is 5.73. The fourth-order valence-electron chi connectivity index (χ4n) is 6.60. The van der Waals surface area contributed by atoms with Gasteiger partial charge < -0.3 is 4.90 Å². The number of fused-ring (bicyclic) bond motifs is 1. The van der Waals surface area contributed by atoms with Gasteiger partial charge in [0.2, 0.25) is 0 Å². The first-order valence-electron chi connectivity index (χ1n) is 9.93. The van der Waals surface area contributed by atoms with Crippen molar-refractivity contribution in [3.05, 3.63) is 53.5 Å². The van der Waals surface area contributed by atoms with Crippen LogP contribution in [0.5, 0.6) is 0 Å². The van der Waals surface area contributed by atoms with Crippen molar-refractivity contribution in [3.8, 4) is 0 Å². The number of nitrogens with zero attached hydrogens (tertiary/aromatic N) is 3. The van der Waals surface area contributed by atoms with Gasteiger partial charge in [0.1, 0.15) is 10.8 Å². The van der Waals surface area contributed by atoms with E-state index in [0.717, 1.165) is 46.4 Å². The first kappa shape index (κ1) is 15.3. The van der Waals surface area contributed by atoms with Crippen molar-refractivity contribution in [3.63, 3.8) is 0 Å². The standard InChI is InChI=1S/C22H23N3S/c26-21-17-4-5-19(22-10-14-7-15(11-22)9-16(8-14)12-22)24-18(17)13-25(21)20-3-1-2-6-23-20/h1-6,14-16H,7-13H2. The largest absolute Gasteiger partial charge is 0.311 e. The third-order valence-corrected chi connectivity index (χ3v) is 7.71. The zero-order valence-electron chi connectivity index (χ0n) is 14.9. The van der Waals surface area contributed by atoms with Crippen molar-refractivity contribution in [2.24, 2.45) is 17.8 Å². The highest BCUT2D eigenvalue weighted by molar-refractivity contribution is 7.81. The van der Waals surface area contributed by atoms with Gasteiger partial charge in [-0.1, -0.05) is 18.3 Å². The second kappa shape index (κ2) is 5.35. The van der Waals surface area contributed by atoms with Crippen LogP contribution in [0.15, 0.2) is 36.5 Å². The molecule has 0 saturated heterocycles. The van der Waals surface area contributed by atoms with E-state index in [1.165, 1.54) is 44.2 Å². The Morgan fingerprint density at radius 1 is 0.962 bits per heavy atom. The summed E-state index contributed by atoms with van der Waals surface area (Å²) in [5, 5.41) is 0. The van der Waals surface area contributed by atoms with E-state index < -0.39 is 0 Å². The van der Waals surface area contributed by atoms with Gasteiger partial charge in [0.15, 0.2) is 0 Å². The maximum absolute atomic E-state index is 5.73. The fraction of sp³-hybridized carbons (Fsp3) is 0.500. The minimum atomic E-state index is 0.351. The van der Waals surface area contributed by atoms with Crippen LogP contribution in [0, 0.1) is 17.8 Å². The first-order chi connectivity index (χ1) is 12.7. The summed E-state index contributed by atoms with van der Waals surface area (Å²) in [6.07, 6.45) is 10.3. The van der Waals surface area contributed by atoms with E-state index in [0.29, 0.717) is 5.41 Å². The molecule has 0 aromatic carbocycles. The molecule has 0 spiro atoms. The van der Waals surface area contributed by atoms with Crippen molar-refractivity contribution in [2.75, 3.05) is 4.90 Å². The Labute approximate surface area is 159 Å². The molecule has 4 bridgehead atoms. The number of thiocarbonyl (C=S) groups is 1. The van der Waals surface area contributed by atoms with E-state index in [9.17, 15) is 0 Å². The smallest absolute Gasteiger partial charge is 0.133 e. The van der Waals surface area contributed by atoms with Gasteiger partial charge >= 0.3 is 0 Å². The third-order valence-electron chi connectivity index (χ3n) is 7.27. The predicted molar refractivity (Wildman–Crippen MR) is 106 cm³/mol. The van der Waals surface area contributed by atoms with Crippen LogP contribution in [-0.2, 0) is 12.0 Å². The van der Waals surface area contributed by atoms with Crippen LogP contribution in [0.25, 0.3) is 0 Å². The van der Waals surface area contributed by atoms with Gasteiger partial charge in [-0.2, -0.15) is 0 Å². The molecule has 26 heavy (non-hydrogen) atoms. The van der Waals surface area contributed by atoms with Gasteiger partial charge in [-0.15, -0.1) is 0 Å². The summed E-state index contributed by atoms with van der Waals surface area (Å²) in [5.41, 5.74) is 3.97. The number of hydrogen-bond acceptors (Lipinski definition) is 3. The Kier molecular flexibility index (Phi) is 3.14. The topological polar surface area (TPSA) is 29.0 Å². The summed E-state index contributed by atoms with van der Waals surface area (Å²) in [5.74, 6) is 3.76. The van der Waals surface area contributed by atoms with Gasteiger partial charge in [0.25, 0.3) is 0 Å². The zero-order chi connectivity index (χ0) is 17.3. The van der Waals surface area contributed by atoms with E-state index in [-0.39, 0.29) is 0 Å². The summed E-state index contributed by atoms with van der Waals surface area (Å²) in [7, 11) is 0. The second-order valence-corrected chi connectivity index (χ2v) is 9.35. The Hall–Kier alpha value is -1.81. The average molecular weight is 362 g/mol. The molecule has 0 atom stereocenters. The maximum Gasteiger partial charge on any atom is 0.133 e. The lowest BCUT2D eigenvalue weighted by Gasteiger charge is -2.56. The molecule has 4 heteroatoms. The van der Waals surface area contributed by atoms with Crippen molar-refractivity contribution in [1.29, 1.82) is 0 Å². The molecule has 2 aromatic rings. The Balaban J connectivity index is 1.36. The van der Waals surface area contributed by atoms with Crippen LogP contribution in [0.2, 0.25) is 0 Å². The first-order valence-corrected chi connectivity index (χ1v) is 10.3. The van der Waals surface area contributed by atoms with E-state index in [1.54, 1.807) is 0 Å². The van der Waals surface area contributed by atoms with Gasteiger partial charge in [0, 0.05) is 22.9 Å². The summed E-state index contributed by atoms with van der Waals surface area (Å²) in [4.78, 5) is 12.7. The molecule has 7 rings (SSSR count). The molecule has 3 nitrogen and oxygen atoms in total. The van der Waals surface area contributed by atoms with Crippen molar-refractivity contribution < 1.29 is 0 Å². The molecular weight excluding hydrogens is 338 g/mol. The van der Waals surface area contributed by atoms with Crippen molar-refractivity contribution in [2.45, 2.75) is 50.5 Å². The Morgan fingerprint density at radius 3 is 2.35 bits per heavy atom. The van der Waals surface area contributed by atoms with Crippen LogP contribution in [0.4, 0.5) is 5.82 Å². The maximum atomic E-state index is 5.73. The second-order valence-electron chi connectivity index (χ2n) is 8.97. The number of rotatable bonds is 2. The van der Waals surface area contributed by atoms with E-state index in [4.69, 9.17) is 17.2 Å². The lowest BCUT2D eigenvalue weighted by Crippen LogP contribution is -2.49. The van der Waals surface area contributed by atoms with Crippen LogP contribution >= 0.6 is 12.2 Å². The van der Waals surface area contributed by atoms with Crippen LogP contribution in [0.3, 0.4) is 0 Å². The summed E-state index contributed by atoms with van der Waals surface area (Å²) in [6, 6.07) is 10.5. The molecule has 0 radical (unpaired) electrons. The fourth-order valence-corrected chi connectivity index (χ4v) is 6.95. The highest BCUT2D eigenvalue weighted by atomic mass is 32.1. The number of aromatic nitrogens is 2. The molecule has 4 fully saturated rings. The molecule has 2 aromatic heterocycles. The van der Waals surface area contributed by atoms with Gasteiger partial charge in [-0.3, -0.25) is 4.98 Å². The van der Waals surface area contributed by atoms with Gasteiger partial charge in [-0.25, -0.2) is 4.98 Å². The molecule has 4 aliphatic carbocycles. The molecule has 1 aliphatic heterocycles. The zero-order valence-corrected chi connectivity index (χ0v) is 15.7. The Bertz CT molecular complexity index is 856. The lowest BCUT2D eigenvalue weighted by atomic mass is 9.49. The van der Waals surface area contributed by atoms with E-state index in [2.05, 4.69) is 22.0 Å². The molecular formula is C22H23N3S. The quantitative estimate of drug-likeness (QED) is 0.729. The normalized spacial score (nSPS) is 34.4. The van der Waals surface area contributed by atoms with Crippen LogP contribution < -0.4 is 4.90 Å². The SMILES string of the molecule is S=C1c2ccc(C34CC5CC(CC(C5)C3)C4)nc2CN1c1ccccn1. The minimum Gasteiger partial charge on any atom is -0.311 e.